The van der Waals surface area contributed by atoms with Crippen LogP contribution in [0.4, 0.5) is 10.1 Å². The normalized spacial score (nSPS) is 16.0. The van der Waals surface area contributed by atoms with Crippen LogP contribution in [0.2, 0.25) is 0 Å². The predicted molar refractivity (Wildman–Crippen MR) is 126 cm³/mol. The lowest BCUT2D eigenvalue weighted by Crippen LogP contribution is -2.47. The summed E-state index contributed by atoms with van der Waals surface area (Å²) < 4.78 is 15.0. The minimum atomic E-state index is -0.197. The maximum Gasteiger partial charge on any atom is 0.272 e. The molecule has 3 aromatic rings. The number of piperazine rings is 1. The summed E-state index contributed by atoms with van der Waals surface area (Å²) >= 11 is 1.78. The van der Waals surface area contributed by atoms with Gasteiger partial charge in [0.05, 0.1) is 5.69 Å². The minimum absolute atomic E-state index is 0.0679. The van der Waals surface area contributed by atoms with Crippen LogP contribution in [-0.4, -0.2) is 59.9 Å². The van der Waals surface area contributed by atoms with Crippen LogP contribution >= 0.6 is 11.3 Å². The molecule has 168 valence electrons. The summed E-state index contributed by atoms with van der Waals surface area (Å²) in [5, 5.41) is 9.74. The van der Waals surface area contributed by atoms with E-state index in [0.29, 0.717) is 12.2 Å². The van der Waals surface area contributed by atoms with Gasteiger partial charge in [-0.1, -0.05) is 0 Å². The Morgan fingerprint density at radius 3 is 2.69 bits per heavy atom. The van der Waals surface area contributed by atoms with Crippen LogP contribution < -0.4 is 10.2 Å². The molecule has 1 amide bonds. The van der Waals surface area contributed by atoms with E-state index >= 15 is 0 Å². The molecule has 2 aliphatic rings. The Labute approximate surface area is 191 Å². The third-order valence-electron chi connectivity index (χ3n) is 6.46. The highest BCUT2D eigenvalue weighted by Crippen LogP contribution is 2.37. The molecule has 2 aromatic heterocycles. The summed E-state index contributed by atoms with van der Waals surface area (Å²) in [6, 6.07) is 8.86. The van der Waals surface area contributed by atoms with Crippen molar-refractivity contribution >= 4 is 22.9 Å². The fraction of sp³-hybridized carbons (Fsp3) is 0.417. The van der Waals surface area contributed by atoms with Gasteiger partial charge < -0.3 is 10.2 Å². The van der Waals surface area contributed by atoms with Crippen molar-refractivity contribution in [1.82, 2.24) is 20.0 Å². The number of aromatic nitrogens is 2. The fourth-order valence-electron chi connectivity index (χ4n) is 4.78. The molecule has 32 heavy (non-hydrogen) atoms. The van der Waals surface area contributed by atoms with Crippen LogP contribution in [0.5, 0.6) is 0 Å². The van der Waals surface area contributed by atoms with Crippen LogP contribution in [0.25, 0.3) is 11.3 Å². The highest BCUT2D eigenvalue weighted by Gasteiger charge is 2.27. The Bertz CT molecular complexity index is 1100. The summed E-state index contributed by atoms with van der Waals surface area (Å²) in [7, 11) is 1.92. The second kappa shape index (κ2) is 9.03. The van der Waals surface area contributed by atoms with E-state index < -0.39 is 0 Å². The maximum atomic E-state index is 13.1. The van der Waals surface area contributed by atoms with Gasteiger partial charge in [-0.05, 0) is 61.5 Å². The molecular weight excluding hydrogens is 425 g/mol. The topological polar surface area (TPSA) is 53.4 Å². The van der Waals surface area contributed by atoms with E-state index in [1.807, 2.05) is 23.9 Å². The van der Waals surface area contributed by atoms with Gasteiger partial charge >= 0.3 is 0 Å². The van der Waals surface area contributed by atoms with Gasteiger partial charge in [0, 0.05) is 61.5 Å². The Hall–Kier alpha value is -2.71. The molecule has 3 heterocycles. The van der Waals surface area contributed by atoms with Crippen molar-refractivity contribution < 1.29 is 9.18 Å². The standard InChI is InChI=1S/C24H28FN5OS/c1-28-23-19-9-16-32-21(19)8-7-20(23)22(27-28)24(31)26-10-2-11-29-12-14-30(15-13-29)18-5-3-17(25)4-6-18/h3-6,9,16H,2,7-8,10-15H2,1H3,(H,26,31). The first-order chi connectivity index (χ1) is 15.6. The van der Waals surface area contributed by atoms with Crippen molar-refractivity contribution in [2.75, 3.05) is 44.2 Å². The van der Waals surface area contributed by atoms with Crippen molar-refractivity contribution in [2.24, 2.45) is 7.05 Å². The van der Waals surface area contributed by atoms with E-state index in [4.69, 9.17) is 0 Å². The molecule has 8 heteroatoms. The zero-order valence-corrected chi connectivity index (χ0v) is 19.1. The number of benzene rings is 1. The van der Waals surface area contributed by atoms with Crippen molar-refractivity contribution in [3.63, 3.8) is 0 Å². The second-order valence-corrected chi connectivity index (χ2v) is 9.47. The summed E-state index contributed by atoms with van der Waals surface area (Å²) in [6.45, 7) is 5.41. The van der Waals surface area contributed by atoms with E-state index in [-0.39, 0.29) is 11.7 Å². The molecule has 1 fully saturated rings. The van der Waals surface area contributed by atoms with Gasteiger partial charge in [0.25, 0.3) is 5.91 Å². The number of halogens is 1. The Morgan fingerprint density at radius 1 is 1.12 bits per heavy atom. The number of carbonyl (C=O) groups excluding carboxylic acids is 1. The minimum Gasteiger partial charge on any atom is -0.369 e. The molecule has 0 saturated carbocycles. The number of aryl methyl sites for hydroxylation is 2. The number of hydrogen-bond acceptors (Lipinski definition) is 5. The number of hydrogen-bond donors (Lipinski definition) is 1. The molecule has 1 aromatic carbocycles. The lowest BCUT2D eigenvalue weighted by Gasteiger charge is -2.36. The number of anilines is 1. The van der Waals surface area contributed by atoms with E-state index in [0.717, 1.165) is 68.9 Å². The molecule has 1 aliphatic heterocycles. The quantitative estimate of drug-likeness (QED) is 0.582. The molecule has 5 rings (SSSR count). The van der Waals surface area contributed by atoms with Crippen molar-refractivity contribution in [3.8, 4) is 11.3 Å². The average Bonchev–Trinajstić information content (AvgIpc) is 3.42. The van der Waals surface area contributed by atoms with E-state index in [1.165, 1.54) is 22.6 Å². The van der Waals surface area contributed by atoms with Gasteiger partial charge in [0.2, 0.25) is 0 Å². The lowest BCUT2D eigenvalue weighted by atomic mass is 9.94. The van der Waals surface area contributed by atoms with E-state index in [1.54, 1.807) is 11.3 Å². The van der Waals surface area contributed by atoms with E-state index in [9.17, 15) is 9.18 Å². The number of carbonyl (C=O) groups is 1. The van der Waals surface area contributed by atoms with Crippen molar-refractivity contribution in [3.05, 3.63) is 57.7 Å². The lowest BCUT2D eigenvalue weighted by molar-refractivity contribution is 0.0945. The first-order valence-corrected chi connectivity index (χ1v) is 12.1. The SMILES string of the molecule is Cn1nc(C(=O)NCCCN2CCN(c3ccc(F)cc3)CC2)c2c1-c1ccsc1CC2. The largest absolute Gasteiger partial charge is 0.369 e. The van der Waals surface area contributed by atoms with E-state index in [2.05, 4.69) is 31.7 Å². The highest BCUT2D eigenvalue weighted by molar-refractivity contribution is 7.10. The van der Waals surface area contributed by atoms with Crippen molar-refractivity contribution in [1.29, 1.82) is 0 Å². The van der Waals surface area contributed by atoms with Gasteiger partial charge in [-0.15, -0.1) is 11.3 Å². The van der Waals surface area contributed by atoms with Gasteiger partial charge in [-0.25, -0.2) is 4.39 Å². The summed E-state index contributed by atoms with van der Waals surface area (Å²) in [6.07, 6.45) is 2.76. The number of fused-ring (bicyclic) bond motifs is 3. The second-order valence-electron chi connectivity index (χ2n) is 8.47. The number of nitrogens with one attached hydrogen (secondary N) is 1. The molecular formula is C24H28FN5OS. The maximum absolute atomic E-state index is 13.1. The molecule has 1 N–H and O–H groups in total. The molecule has 0 bridgehead atoms. The molecule has 1 aliphatic carbocycles. The zero-order chi connectivity index (χ0) is 22.1. The molecule has 1 saturated heterocycles. The highest BCUT2D eigenvalue weighted by atomic mass is 32.1. The van der Waals surface area contributed by atoms with Gasteiger partial charge in [0.1, 0.15) is 5.82 Å². The van der Waals surface area contributed by atoms with Gasteiger partial charge in [-0.3, -0.25) is 14.4 Å². The third kappa shape index (κ3) is 4.17. The Morgan fingerprint density at radius 2 is 1.91 bits per heavy atom. The number of rotatable bonds is 6. The van der Waals surface area contributed by atoms with Gasteiger partial charge in [0.15, 0.2) is 5.69 Å². The third-order valence-corrected chi connectivity index (χ3v) is 7.44. The number of thiophene rings is 1. The van der Waals surface area contributed by atoms with Crippen LogP contribution in [0.3, 0.4) is 0 Å². The van der Waals surface area contributed by atoms with Crippen molar-refractivity contribution in [2.45, 2.75) is 19.3 Å². The zero-order valence-electron chi connectivity index (χ0n) is 18.3. The average molecular weight is 454 g/mol. The number of nitrogens with zero attached hydrogens (tertiary/aromatic N) is 4. The monoisotopic (exact) mass is 453 g/mol. The summed E-state index contributed by atoms with van der Waals surface area (Å²) in [4.78, 5) is 18.9. The Kier molecular flexibility index (Phi) is 5.97. The van der Waals surface area contributed by atoms with Crippen LogP contribution in [0.15, 0.2) is 35.7 Å². The van der Waals surface area contributed by atoms with Crippen LogP contribution in [0, 0.1) is 5.82 Å². The molecule has 0 radical (unpaired) electrons. The molecule has 0 spiro atoms. The first kappa shape index (κ1) is 21.2. The summed E-state index contributed by atoms with van der Waals surface area (Å²) in [5.41, 5.74) is 5.05. The smallest absolute Gasteiger partial charge is 0.272 e. The number of amides is 1. The summed E-state index contributed by atoms with van der Waals surface area (Å²) in [5.74, 6) is -0.265. The Balaban J connectivity index is 1.09. The fourth-order valence-corrected chi connectivity index (χ4v) is 5.66. The van der Waals surface area contributed by atoms with Crippen LogP contribution in [-0.2, 0) is 19.9 Å². The first-order valence-electron chi connectivity index (χ1n) is 11.2. The molecule has 0 atom stereocenters. The van der Waals surface area contributed by atoms with Crippen LogP contribution in [0.1, 0.15) is 27.3 Å². The molecule has 6 nitrogen and oxygen atoms in total. The van der Waals surface area contributed by atoms with Gasteiger partial charge in [-0.2, -0.15) is 5.10 Å². The predicted octanol–water partition coefficient (Wildman–Crippen LogP) is 3.33. The molecule has 0 unspecified atom stereocenters.